The molecule has 0 aliphatic carbocycles. The summed E-state index contributed by atoms with van der Waals surface area (Å²) in [5.41, 5.74) is -1.72. The average molecular weight is 225 g/mol. The molecular formula is C10H17F2NO2. The van der Waals surface area contributed by atoms with Crippen molar-refractivity contribution in [2.75, 3.05) is 27.2 Å². The van der Waals surface area contributed by atoms with Gasteiger partial charge >= 0.3 is 5.97 Å². The topological polar surface area (TPSA) is 29.5 Å². The molecule has 15 heavy (non-hydrogen) atoms. The van der Waals surface area contributed by atoms with Gasteiger partial charge in [0.2, 0.25) is 6.40 Å². The van der Waals surface area contributed by atoms with Crippen molar-refractivity contribution in [1.29, 1.82) is 0 Å². The van der Waals surface area contributed by atoms with E-state index in [9.17, 15) is 13.6 Å². The van der Waals surface area contributed by atoms with Crippen LogP contribution in [0.25, 0.3) is 0 Å². The second-order valence-corrected chi connectivity index (χ2v) is 3.96. The number of hydrogen-bond acceptors (Lipinski definition) is 3. The number of carbonyl (C=O) groups excluding carboxylic acids is 1. The van der Waals surface area contributed by atoms with Crippen LogP contribution in [0.3, 0.4) is 0 Å². The Labute approximate surface area is 94.0 Å². The van der Waals surface area contributed by atoms with Crippen LogP contribution < -0.4 is 0 Å². The Bertz CT molecular complexity index is 358. The first kappa shape index (κ1) is 7.54. The third-order valence-corrected chi connectivity index (χ3v) is 2.89. The van der Waals surface area contributed by atoms with Gasteiger partial charge < -0.3 is 9.64 Å². The number of hydrogen-bond donors (Lipinski definition) is 0. The van der Waals surface area contributed by atoms with Gasteiger partial charge in [-0.05, 0) is 26.9 Å². The van der Waals surface area contributed by atoms with Crippen LogP contribution in [-0.2, 0) is 9.53 Å². The number of esters is 1. The largest absolute Gasteiger partial charge is 0.469 e. The van der Waals surface area contributed by atoms with Crippen molar-refractivity contribution in [3.05, 3.63) is 0 Å². The number of likely N-dealkylation sites (tertiary alicyclic amines) is 1. The number of carbonyl (C=O) groups is 1. The lowest BCUT2D eigenvalue weighted by Crippen LogP contribution is -2.52. The molecule has 0 radical (unpaired) electrons. The number of methoxy groups -OCH3 is 1. The lowest BCUT2D eigenvalue weighted by Gasteiger charge is -2.42. The molecule has 0 unspecified atom stereocenters. The normalized spacial score (nSPS) is 38.5. The van der Waals surface area contributed by atoms with Crippen LogP contribution in [0.2, 0.25) is 0 Å². The molecule has 0 spiro atoms. The van der Waals surface area contributed by atoms with Crippen molar-refractivity contribution < 1.29 is 23.8 Å². The maximum atomic E-state index is 13.3. The lowest BCUT2D eigenvalue weighted by molar-refractivity contribution is -0.165. The van der Waals surface area contributed by atoms with Crippen LogP contribution in [0.5, 0.6) is 0 Å². The van der Waals surface area contributed by atoms with E-state index in [1.807, 2.05) is 0 Å². The molecule has 88 valence electrons. The minimum atomic E-state index is -3.82. The monoisotopic (exact) mass is 225 g/mol. The molecule has 0 N–H and O–H groups in total. The standard InChI is InChI=1S/C10H17F2NO2/c1-10(9(14)15-3)6-13(2)5-4-7(10)8(11)12/h7-8H,4-6H2,1-3H3/t7-,10-/m1/s1/i2D3,8D. The average Bonchev–Trinajstić information content (AvgIpc) is 2.24. The Kier molecular flexibility index (Phi) is 2.23. The van der Waals surface area contributed by atoms with Crippen molar-refractivity contribution in [1.82, 2.24) is 4.90 Å². The Hall–Kier alpha value is -0.710. The predicted molar refractivity (Wildman–Crippen MR) is 51.7 cm³/mol. The Morgan fingerprint density at radius 3 is 2.93 bits per heavy atom. The van der Waals surface area contributed by atoms with Crippen LogP contribution in [0.15, 0.2) is 0 Å². The zero-order valence-electron chi connectivity index (χ0n) is 12.7. The SMILES string of the molecule is [2H]C(F)(F)[C@H]1CCN(C([2H])([2H])[2H])C[C@@]1(C)C(=O)OC. The van der Waals surface area contributed by atoms with Crippen LogP contribution in [0.4, 0.5) is 8.78 Å². The Morgan fingerprint density at radius 2 is 2.47 bits per heavy atom. The quantitative estimate of drug-likeness (QED) is 0.665. The molecule has 3 nitrogen and oxygen atoms in total. The minimum Gasteiger partial charge on any atom is -0.469 e. The molecule has 1 aliphatic heterocycles. The van der Waals surface area contributed by atoms with E-state index in [1.165, 1.54) is 6.92 Å². The highest BCUT2D eigenvalue weighted by Gasteiger charge is 2.49. The molecule has 1 heterocycles. The van der Waals surface area contributed by atoms with Crippen molar-refractivity contribution in [3.8, 4) is 0 Å². The van der Waals surface area contributed by atoms with E-state index in [0.29, 0.717) is 0 Å². The fourth-order valence-corrected chi connectivity index (χ4v) is 1.98. The first-order valence-electron chi connectivity index (χ1n) is 6.64. The Balaban J connectivity index is 3.10. The highest BCUT2D eigenvalue weighted by atomic mass is 19.3. The number of alkyl halides is 2. The van der Waals surface area contributed by atoms with Gasteiger partial charge in [0.25, 0.3) is 0 Å². The second kappa shape index (κ2) is 4.43. The molecule has 5 heteroatoms. The van der Waals surface area contributed by atoms with Crippen molar-refractivity contribution in [2.45, 2.75) is 19.7 Å². The summed E-state index contributed by atoms with van der Waals surface area (Å²) in [5.74, 6) is -2.48. The number of ether oxygens (including phenoxy) is 1. The fraction of sp³-hybridized carbons (Fsp3) is 0.900. The molecular weight excluding hydrogens is 204 g/mol. The molecule has 1 aliphatic rings. The first-order chi connectivity index (χ1) is 8.43. The van der Waals surface area contributed by atoms with Gasteiger partial charge in [-0.3, -0.25) is 4.79 Å². The molecule has 0 aromatic rings. The van der Waals surface area contributed by atoms with E-state index in [1.54, 1.807) is 0 Å². The van der Waals surface area contributed by atoms with E-state index in [0.717, 1.165) is 12.0 Å². The Morgan fingerprint density at radius 1 is 1.80 bits per heavy atom. The summed E-state index contributed by atoms with van der Waals surface area (Å²) in [4.78, 5) is 12.8. The van der Waals surface area contributed by atoms with E-state index < -0.39 is 30.7 Å². The van der Waals surface area contributed by atoms with Gasteiger partial charge in [0.05, 0.1) is 12.5 Å². The number of halogens is 2. The molecule has 1 rings (SSSR count). The van der Waals surface area contributed by atoms with Crippen LogP contribution >= 0.6 is 0 Å². The third kappa shape index (κ3) is 2.27. The van der Waals surface area contributed by atoms with Crippen LogP contribution in [0.1, 0.15) is 18.8 Å². The van der Waals surface area contributed by atoms with Gasteiger partial charge in [0.15, 0.2) is 0 Å². The van der Waals surface area contributed by atoms with Crippen molar-refractivity contribution in [3.63, 3.8) is 0 Å². The molecule has 1 saturated heterocycles. The summed E-state index contributed by atoms with van der Waals surface area (Å²) in [5, 5.41) is 0. The molecule has 0 aromatic heterocycles. The van der Waals surface area contributed by atoms with Crippen molar-refractivity contribution in [2.24, 2.45) is 11.3 Å². The second-order valence-electron chi connectivity index (χ2n) is 3.96. The molecule has 1 fully saturated rings. The minimum absolute atomic E-state index is 0.109. The van der Waals surface area contributed by atoms with Crippen LogP contribution in [-0.4, -0.2) is 44.4 Å². The smallest absolute Gasteiger partial charge is 0.313 e. The first-order valence-corrected chi connectivity index (χ1v) is 4.64. The predicted octanol–water partition coefficient (Wildman–Crippen LogP) is 1.38. The molecule has 0 aromatic carbocycles. The zero-order chi connectivity index (χ0) is 15.1. The molecule has 0 amide bonds. The third-order valence-electron chi connectivity index (χ3n) is 2.89. The number of nitrogens with zero attached hydrogens (tertiary/aromatic N) is 1. The highest BCUT2D eigenvalue weighted by molar-refractivity contribution is 5.77. The van der Waals surface area contributed by atoms with Crippen LogP contribution in [0, 0.1) is 11.3 Å². The van der Waals surface area contributed by atoms with Gasteiger partial charge in [0, 0.05) is 16.6 Å². The van der Waals surface area contributed by atoms with Gasteiger partial charge in [-0.2, -0.15) is 0 Å². The van der Waals surface area contributed by atoms with Gasteiger partial charge in [0.1, 0.15) is 1.37 Å². The summed E-state index contributed by atoms with van der Waals surface area (Å²) in [7, 11) is 1.06. The van der Waals surface area contributed by atoms with E-state index in [2.05, 4.69) is 4.74 Å². The molecule has 0 saturated carbocycles. The van der Waals surface area contributed by atoms with E-state index in [-0.39, 0.29) is 19.5 Å². The maximum absolute atomic E-state index is 13.3. The van der Waals surface area contributed by atoms with Gasteiger partial charge in [-0.25, -0.2) is 8.78 Å². The fourth-order valence-electron chi connectivity index (χ4n) is 1.98. The van der Waals surface area contributed by atoms with E-state index in [4.69, 9.17) is 5.48 Å². The maximum Gasteiger partial charge on any atom is 0.313 e. The number of rotatable bonds is 2. The summed E-state index contributed by atoms with van der Waals surface area (Å²) in [6.45, 7) is -1.72. The summed E-state index contributed by atoms with van der Waals surface area (Å²) >= 11 is 0. The summed E-state index contributed by atoms with van der Waals surface area (Å²) < 4.78 is 59.9. The molecule has 0 bridgehead atoms. The number of piperidine rings is 1. The zero-order valence-corrected chi connectivity index (χ0v) is 8.72. The lowest BCUT2D eigenvalue weighted by atomic mass is 9.72. The summed E-state index contributed by atoms with van der Waals surface area (Å²) in [6, 6.07) is 0. The molecule has 2 atom stereocenters. The summed E-state index contributed by atoms with van der Waals surface area (Å²) in [6.07, 6.45) is -4.07. The van der Waals surface area contributed by atoms with Crippen molar-refractivity contribution >= 4 is 5.97 Å². The van der Waals surface area contributed by atoms with Gasteiger partial charge in [-0.15, -0.1) is 0 Å². The van der Waals surface area contributed by atoms with E-state index >= 15 is 0 Å². The van der Waals surface area contributed by atoms with Gasteiger partial charge in [-0.1, -0.05) is 0 Å². The highest BCUT2D eigenvalue weighted by Crippen LogP contribution is 2.39.